The summed E-state index contributed by atoms with van der Waals surface area (Å²) in [6.45, 7) is 0.354. The van der Waals surface area contributed by atoms with E-state index in [9.17, 15) is 27.2 Å². The number of anilines is 1. The Labute approximate surface area is 217 Å². The van der Waals surface area contributed by atoms with Crippen molar-refractivity contribution in [3.05, 3.63) is 89.0 Å². The number of hydrogen-bond acceptors (Lipinski definition) is 5. The van der Waals surface area contributed by atoms with Gasteiger partial charge in [-0.05, 0) is 70.0 Å². The summed E-state index contributed by atoms with van der Waals surface area (Å²) in [5.41, 5.74) is -1.95. The van der Waals surface area contributed by atoms with Crippen molar-refractivity contribution in [2.45, 2.75) is 13.0 Å². The second-order valence-electron chi connectivity index (χ2n) is 8.73. The number of benzene rings is 3. The number of carbonyl (C=O) groups is 2. The Morgan fingerprint density at radius 1 is 0.816 bits per heavy atom. The van der Waals surface area contributed by atoms with E-state index in [1.807, 2.05) is 30.3 Å². The van der Waals surface area contributed by atoms with E-state index < -0.39 is 46.9 Å². The molecule has 7 nitrogen and oxygen atoms in total. The highest BCUT2D eigenvalue weighted by molar-refractivity contribution is 5.92. The van der Waals surface area contributed by atoms with Crippen LogP contribution in [0.15, 0.2) is 54.6 Å². The molecule has 2 N–H and O–H groups in total. The number of amides is 1. The molecule has 3 aromatic carbocycles. The number of halogens is 4. The fraction of sp³-hybridized carbons (Fsp3) is 0.259. The molecule has 11 heteroatoms. The van der Waals surface area contributed by atoms with Gasteiger partial charge in [-0.2, -0.15) is 0 Å². The minimum absolute atomic E-state index is 0.0856. The number of ether oxygens (including phenoxy) is 1. The van der Waals surface area contributed by atoms with Gasteiger partial charge < -0.3 is 20.1 Å². The van der Waals surface area contributed by atoms with Crippen LogP contribution in [0.25, 0.3) is 0 Å². The minimum Gasteiger partial charge on any atom is -0.477 e. The lowest BCUT2D eigenvalue weighted by molar-refractivity contribution is -0.117. The number of rotatable bonds is 12. The molecule has 0 spiro atoms. The van der Waals surface area contributed by atoms with E-state index >= 15 is 0 Å². The van der Waals surface area contributed by atoms with E-state index in [1.165, 1.54) is 11.9 Å². The van der Waals surface area contributed by atoms with Crippen molar-refractivity contribution >= 4 is 17.6 Å². The monoisotopic (exact) mass is 533 g/mol. The standard InChI is InChI=1S/C27H27F4N3O4/c1-33(15-20-23(28)25(30)22(27(36)37)26(31)24(20)29)13-6-14-34(2)16-21(35)32-17-9-11-19(12-10-17)38-18-7-4-3-5-8-18/h3-5,7-12H,6,13-16H2,1-2H3,(H,32,35)(H,36,37). The first kappa shape index (κ1) is 28.6. The van der Waals surface area contributed by atoms with Gasteiger partial charge in [0, 0.05) is 17.8 Å². The zero-order chi connectivity index (χ0) is 27.8. The van der Waals surface area contributed by atoms with Crippen LogP contribution < -0.4 is 10.1 Å². The summed E-state index contributed by atoms with van der Waals surface area (Å²) in [5, 5.41) is 11.6. The highest BCUT2D eigenvalue weighted by Crippen LogP contribution is 2.25. The predicted octanol–water partition coefficient (Wildman–Crippen LogP) is 5.13. The Bertz CT molecular complexity index is 1240. The third-order valence-electron chi connectivity index (χ3n) is 5.61. The molecule has 0 aliphatic rings. The second kappa shape index (κ2) is 13.0. The highest BCUT2D eigenvalue weighted by Gasteiger charge is 2.29. The van der Waals surface area contributed by atoms with Crippen LogP contribution in [0.5, 0.6) is 11.5 Å². The molecule has 0 saturated heterocycles. The minimum atomic E-state index is -2.10. The third kappa shape index (κ3) is 7.53. The van der Waals surface area contributed by atoms with Crippen molar-refractivity contribution < 1.29 is 37.0 Å². The third-order valence-corrected chi connectivity index (χ3v) is 5.61. The molecule has 0 unspecified atom stereocenters. The molecule has 202 valence electrons. The van der Waals surface area contributed by atoms with Gasteiger partial charge in [-0.3, -0.25) is 9.69 Å². The molecule has 3 rings (SSSR count). The van der Waals surface area contributed by atoms with Crippen LogP contribution in [0.2, 0.25) is 0 Å². The zero-order valence-electron chi connectivity index (χ0n) is 20.8. The summed E-state index contributed by atoms with van der Waals surface area (Å²) < 4.78 is 61.9. The average molecular weight is 534 g/mol. The van der Waals surface area contributed by atoms with Crippen molar-refractivity contribution in [2.24, 2.45) is 0 Å². The fourth-order valence-electron chi connectivity index (χ4n) is 3.72. The average Bonchev–Trinajstić information content (AvgIpc) is 2.87. The molecule has 0 atom stereocenters. The van der Waals surface area contributed by atoms with Gasteiger partial charge in [0.2, 0.25) is 5.91 Å². The number of aromatic carboxylic acids is 1. The molecule has 0 aliphatic heterocycles. The fourth-order valence-corrected chi connectivity index (χ4v) is 3.72. The maximum atomic E-state index is 14.2. The molecule has 0 heterocycles. The predicted molar refractivity (Wildman–Crippen MR) is 133 cm³/mol. The Morgan fingerprint density at radius 2 is 1.37 bits per heavy atom. The number of hydrogen-bond donors (Lipinski definition) is 2. The summed E-state index contributed by atoms with van der Waals surface area (Å²) in [6, 6.07) is 16.2. The molecule has 0 radical (unpaired) electrons. The van der Waals surface area contributed by atoms with Crippen LogP contribution in [0.3, 0.4) is 0 Å². The Hall–Kier alpha value is -3.96. The van der Waals surface area contributed by atoms with E-state index in [0.29, 0.717) is 30.2 Å². The van der Waals surface area contributed by atoms with Crippen molar-refractivity contribution in [3.63, 3.8) is 0 Å². The topological polar surface area (TPSA) is 82.1 Å². The second-order valence-corrected chi connectivity index (χ2v) is 8.73. The summed E-state index contributed by atoms with van der Waals surface area (Å²) in [7, 11) is 3.22. The Balaban J connectivity index is 1.44. The van der Waals surface area contributed by atoms with Crippen molar-refractivity contribution in [1.29, 1.82) is 0 Å². The summed E-state index contributed by atoms with van der Waals surface area (Å²) >= 11 is 0. The number of carboxylic acids is 1. The quantitative estimate of drug-likeness (QED) is 0.248. The molecule has 0 aromatic heterocycles. The lowest BCUT2D eigenvalue weighted by Crippen LogP contribution is -2.32. The first-order valence-electron chi connectivity index (χ1n) is 11.6. The van der Waals surface area contributed by atoms with Crippen LogP contribution in [-0.4, -0.2) is 60.5 Å². The van der Waals surface area contributed by atoms with Gasteiger partial charge in [0.15, 0.2) is 23.3 Å². The number of para-hydroxylation sites is 1. The number of likely N-dealkylation sites (N-methyl/N-ethyl adjacent to an activating group) is 1. The van der Waals surface area contributed by atoms with Crippen LogP contribution in [-0.2, 0) is 11.3 Å². The Kier molecular flexibility index (Phi) is 9.80. The summed E-state index contributed by atoms with van der Waals surface area (Å²) in [4.78, 5) is 26.4. The van der Waals surface area contributed by atoms with Gasteiger partial charge in [0.25, 0.3) is 0 Å². The number of nitrogens with one attached hydrogen (secondary N) is 1. The van der Waals surface area contributed by atoms with E-state index in [1.54, 1.807) is 36.2 Å². The normalized spacial score (nSPS) is 11.2. The van der Waals surface area contributed by atoms with E-state index in [4.69, 9.17) is 9.84 Å². The largest absolute Gasteiger partial charge is 0.477 e. The SMILES string of the molecule is CN(CCCN(C)Cc1c(F)c(F)c(C(=O)O)c(F)c1F)CC(=O)Nc1ccc(Oc2ccccc2)cc1. The smallest absolute Gasteiger partial charge is 0.341 e. The molecule has 1 amide bonds. The molecule has 0 bridgehead atoms. The van der Waals surface area contributed by atoms with Gasteiger partial charge >= 0.3 is 5.97 Å². The summed E-state index contributed by atoms with van der Waals surface area (Å²) in [6.07, 6.45) is 0.479. The number of carbonyl (C=O) groups excluding carboxylic acids is 1. The van der Waals surface area contributed by atoms with E-state index in [0.717, 1.165) is 0 Å². The molecule has 3 aromatic rings. The first-order chi connectivity index (χ1) is 18.1. The van der Waals surface area contributed by atoms with Gasteiger partial charge in [-0.1, -0.05) is 18.2 Å². The number of nitrogens with zero attached hydrogens (tertiary/aromatic N) is 2. The first-order valence-corrected chi connectivity index (χ1v) is 11.6. The molecular weight excluding hydrogens is 506 g/mol. The molecule has 0 saturated carbocycles. The zero-order valence-corrected chi connectivity index (χ0v) is 20.8. The van der Waals surface area contributed by atoms with Crippen molar-refractivity contribution in [3.8, 4) is 11.5 Å². The maximum absolute atomic E-state index is 14.2. The van der Waals surface area contributed by atoms with Crippen LogP contribution in [0.4, 0.5) is 23.2 Å². The van der Waals surface area contributed by atoms with Gasteiger partial charge in [-0.15, -0.1) is 0 Å². The molecule has 0 fully saturated rings. The molecule has 0 aliphatic carbocycles. The van der Waals surface area contributed by atoms with Crippen LogP contribution in [0, 0.1) is 23.3 Å². The maximum Gasteiger partial charge on any atom is 0.341 e. The lowest BCUT2D eigenvalue weighted by atomic mass is 10.1. The van der Waals surface area contributed by atoms with Gasteiger partial charge in [-0.25, -0.2) is 22.4 Å². The van der Waals surface area contributed by atoms with Crippen LogP contribution in [0.1, 0.15) is 22.3 Å². The summed E-state index contributed by atoms with van der Waals surface area (Å²) in [5.74, 6) is -8.37. The molecular formula is C27H27F4N3O4. The molecule has 38 heavy (non-hydrogen) atoms. The van der Waals surface area contributed by atoms with Crippen molar-refractivity contribution in [2.75, 3.05) is 39.0 Å². The van der Waals surface area contributed by atoms with E-state index in [2.05, 4.69) is 5.32 Å². The Morgan fingerprint density at radius 3 is 1.95 bits per heavy atom. The van der Waals surface area contributed by atoms with Gasteiger partial charge in [0.1, 0.15) is 17.1 Å². The van der Waals surface area contributed by atoms with Gasteiger partial charge in [0.05, 0.1) is 6.54 Å². The van der Waals surface area contributed by atoms with E-state index in [-0.39, 0.29) is 19.0 Å². The lowest BCUT2D eigenvalue weighted by Gasteiger charge is -2.21. The number of carboxylic acid groups (broad SMARTS) is 1. The van der Waals surface area contributed by atoms with Crippen molar-refractivity contribution in [1.82, 2.24) is 9.80 Å². The van der Waals surface area contributed by atoms with Crippen LogP contribution >= 0.6 is 0 Å². The highest BCUT2D eigenvalue weighted by atomic mass is 19.2.